The molecule has 34 heteroatoms. The van der Waals surface area contributed by atoms with E-state index in [9.17, 15) is 59.4 Å². The number of allylic oxidation sites excluding steroid dienone is 1. The highest BCUT2D eigenvalue weighted by molar-refractivity contribution is 8.44. The van der Waals surface area contributed by atoms with Gasteiger partial charge in [0.1, 0.15) is 24.1 Å². The average Bonchev–Trinajstić information content (AvgIpc) is 1.57. The van der Waals surface area contributed by atoms with E-state index in [0.29, 0.717) is 63.1 Å². The molecule has 0 bridgehead atoms. The fraction of sp³-hybridized carbons (Fsp3) is 0.357. The second kappa shape index (κ2) is 41.6. The van der Waals surface area contributed by atoms with Gasteiger partial charge in [0, 0.05) is 31.9 Å². The van der Waals surface area contributed by atoms with Crippen LogP contribution in [-0.4, -0.2) is 217 Å². The number of pyridine rings is 3. The molecule has 14 N–H and O–H groups in total. The number of nitrogens with one attached hydrogen (secondary N) is 1. The Bertz CT molecular complexity index is 3170. The Labute approximate surface area is 529 Å². The van der Waals surface area contributed by atoms with E-state index in [2.05, 4.69) is 45.3 Å². The molecule has 0 radical (unpaired) electrons. The van der Waals surface area contributed by atoms with Crippen molar-refractivity contribution in [3.8, 4) is 33.9 Å². The van der Waals surface area contributed by atoms with Crippen LogP contribution in [0.2, 0.25) is 0 Å². The van der Waals surface area contributed by atoms with Gasteiger partial charge in [-0.05, 0) is 98.9 Å². The Hall–Kier alpha value is -7.60. The zero-order valence-corrected chi connectivity index (χ0v) is 53.9. The molecule has 5 aromatic heterocycles. The van der Waals surface area contributed by atoms with Crippen molar-refractivity contribution in [3.05, 3.63) is 121 Å². The minimum absolute atomic E-state index is 0.0184. The Kier molecular flexibility index (Phi) is 36.3. The quantitative estimate of drug-likeness (QED) is 0.0199. The molecule has 0 aliphatic carbocycles. The van der Waals surface area contributed by atoms with Crippen LogP contribution in [0.15, 0.2) is 109 Å². The van der Waals surface area contributed by atoms with E-state index in [1.807, 2.05) is 45.9 Å². The zero-order valence-electron chi connectivity index (χ0n) is 49.6. The number of anilines is 2. The lowest BCUT2D eigenvalue weighted by Crippen LogP contribution is -2.34. The minimum Gasteiger partial charge on any atom is -0.512 e. The number of nitrogens with two attached hydrogens (primary N) is 1. The summed E-state index contributed by atoms with van der Waals surface area (Å²) < 4.78 is 7.08. The number of hydrogen-bond acceptors (Lipinski definition) is 24. The number of aromatic nitrogens is 7. The Morgan fingerprint density at radius 2 is 1.17 bits per heavy atom. The molecular formula is C56H77N12O18P3S. The molecule has 1 saturated heterocycles. The van der Waals surface area contributed by atoms with Crippen LogP contribution in [0, 0.1) is 0 Å². The van der Waals surface area contributed by atoms with E-state index < -0.39 is 80.6 Å². The summed E-state index contributed by atoms with van der Waals surface area (Å²) in [5.74, 6) is -5.30. The number of benzene rings is 1. The second-order valence-electron chi connectivity index (χ2n) is 18.8. The summed E-state index contributed by atoms with van der Waals surface area (Å²) in [7, 11) is 5.26. The number of carbonyl (C=O) groups excluding carboxylic acids is 1. The first kappa shape index (κ1) is 78.5. The number of carbonyl (C=O) groups is 6. The normalized spacial score (nSPS) is 14.9. The molecule has 0 spiro atoms. The van der Waals surface area contributed by atoms with Crippen LogP contribution in [0.25, 0.3) is 45.1 Å². The standard InChI is InChI=1S/C33H33N6O9PS.C11H15N5O4.C10H17NO3.C2H6.2H3OP/c40-29(19-50-49)36-22-9-7-20(8-10-22)21-11-27(25-5-1-3-23(34-25)13-38(15-30(41)42)16-31(43)44)37-28(12-21)26-6-2-4-24(35-26)14-39(17-32(45)46)18-33(47)48;12-9-6-10(14-3-13-9)16(4-15-6)11-8(19)7(18)5(20-11)1-2-17;1-4-8(2)5-11(6-9(3)12)7-10(13)14;3*1-2/h1-12H,13-19,49H2,(H,36,40)(H,41,42)(H,43,44)(H,45,46)(H,47,48);3-5,7-8,11,17-19H,1-2H2,(H2,12,13,14);4,12H,3,5-7H2,1-2H3,(H,13,14);1-2H3;2*1H,2H2/b;;8-4+;;;. The van der Waals surface area contributed by atoms with E-state index in [1.54, 1.807) is 65.6 Å². The molecule has 30 nitrogen and oxygen atoms in total. The minimum atomic E-state index is -1.18. The van der Waals surface area contributed by atoms with Gasteiger partial charge in [0.2, 0.25) is 5.91 Å². The Balaban J connectivity index is 0.000000559. The van der Waals surface area contributed by atoms with Crippen molar-refractivity contribution in [2.45, 2.75) is 71.7 Å². The number of rotatable bonds is 27. The third-order valence-corrected chi connectivity index (χ3v) is 13.0. The van der Waals surface area contributed by atoms with Gasteiger partial charge in [-0.1, -0.05) is 64.8 Å². The Morgan fingerprint density at radius 3 is 1.61 bits per heavy atom. The van der Waals surface area contributed by atoms with Gasteiger partial charge in [0.25, 0.3) is 0 Å². The molecule has 1 fully saturated rings. The maximum Gasteiger partial charge on any atom is 0.317 e. The van der Waals surface area contributed by atoms with Crippen molar-refractivity contribution in [3.63, 3.8) is 0 Å². The molecular weight excluding hydrogens is 1250 g/mol. The van der Waals surface area contributed by atoms with Gasteiger partial charge < -0.3 is 71.5 Å². The van der Waals surface area contributed by atoms with Crippen LogP contribution in [0.1, 0.15) is 51.7 Å². The van der Waals surface area contributed by atoms with Crippen molar-refractivity contribution in [2.75, 3.05) is 69.2 Å². The van der Waals surface area contributed by atoms with Crippen molar-refractivity contribution in [2.24, 2.45) is 0 Å². The van der Waals surface area contributed by atoms with Crippen LogP contribution < -0.4 is 11.1 Å². The van der Waals surface area contributed by atoms with Gasteiger partial charge in [-0.3, -0.25) is 48.0 Å². The zero-order chi connectivity index (χ0) is 67.6. The first-order valence-electron chi connectivity index (χ1n) is 27.0. The summed E-state index contributed by atoms with van der Waals surface area (Å²) in [5, 5.41) is 86.4. The predicted octanol–water partition coefficient (Wildman–Crippen LogP) is 3.66. The van der Waals surface area contributed by atoms with E-state index in [1.165, 1.54) is 57.3 Å². The number of ether oxygens (including phenoxy) is 1. The fourth-order valence-electron chi connectivity index (χ4n) is 8.40. The highest BCUT2D eigenvalue weighted by atomic mass is 32.7. The SMILES string of the molecule is C=C(O)CN(CC(=O)O)C/C(C)=C/C.CC.Nc1ncnc2c1ncn2C1OC(CCO)C(O)C1O.O=C(O)CN(CC(=O)O)Cc1cccc(-c2cc(-c3ccc(NC(=O)CSP)cc3)cc(-c3cccc(CN(CC(=O)O)CC(=O)O)n3)n2)n1.OP.OP. The summed E-state index contributed by atoms with van der Waals surface area (Å²) in [6.45, 7) is 9.54. The number of aliphatic carboxylic acids is 5. The van der Waals surface area contributed by atoms with E-state index in [4.69, 9.17) is 40.6 Å². The molecule has 1 aliphatic heterocycles. The number of imidazole rings is 1. The Morgan fingerprint density at radius 1 is 0.678 bits per heavy atom. The molecule has 0 saturated carbocycles. The number of carboxylic acids is 5. The van der Waals surface area contributed by atoms with Gasteiger partial charge in [-0.25, -0.2) is 29.9 Å². The molecule has 1 amide bonds. The van der Waals surface area contributed by atoms with Gasteiger partial charge in [-0.15, -0.1) is 11.4 Å². The third kappa shape index (κ3) is 26.8. The maximum absolute atomic E-state index is 12.1. The van der Waals surface area contributed by atoms with Crippen LogP contribution in [-0.2, 0) is 46.6 Å². The van der Waals surface area contributed by atoms with Crippen LogP contribution in [0.5, 0.6) is 0 Å². The monoisotopic (exact) mass is 1330 g/mol. The van der Waals surface area contributed by atoms with Gasteiger partial charge in [0.05, 0.1) is 97.4 Å². The van der Waals surface area contributed by atoms with Crippen LogP contribution in [0.4, 0.5) is 11.5 Å². The molecule has 490 valence electrons. The molecule has 90 heavy (non-hydrogen) atoms. The molecule has 6 aromatic rings. The third-order valence-electron chi connectivity index (χ3n) is 12.0. The summed E-state index contributed by atoms with van der Waals surface area (Å²) >= 11 is 1.32. The van der Waals surface area contributed by atoms with E-state index in [-0.39, 0.29) is 62.4 Å². The van der Waals surface area contributed by atoms with Crippen LogP contribution in [0.3, 0.4) is 0 Å². The van der Waals surface area contributed by atoms with Gasteiger partial charge >= 0.3 is 29.8 Å². The summed E-state index contributed by atoms with van der Waals surface area (Å²) in [5.41, 5.74) is 12.2. The lowest BCUT2D eigenvalue weighted by Gasteiger charge is -2.19. The summed E-state index contributed by atoms with van der Waals surface area (Å²) in [4.78, 5) is 112. The van der Waals surface area contributed by atoms with Crippen molar-refractivity contribution >= 4 is 97.2 Å². The molecule has 7 atom stereocenters. The second-order valence-corrected chi connectivity index (χ2v) is 20.5. The number of aliphatic hydroxyl groups is 4. The molecule has 1 aliphatic rings. The van der Waals surface area contributed by atoms with Crippen LogP contribution >= 0.6 is 38.8 Å². The van der Waals surface area contributed by atoms with Gasteiger partial charge in [0.15, 0.2) is 17.7 Å². The first-order chi connectivity index (χ1) is 43.0. The number of aliphatic hydroxyl groups excluding tert-OH is 4. The smallest absolute Gasteiger partial charge is 0.317 e. The summed E-state index contributed by atoms with van der Waals surface area (Å²) in [6.07, 6.45) is 1.17. The van der Waals surface area contributed by atoms with E-state index in [0.717, 1.165) is 11.1 Å². The summed E-state index contributed by atoms with van der Waals surface area (Å²) in [6, 6.07) is 20.9. The first-order valence-corrected chi connectivity index (χ1v) is 30.4. The maximum atomic E-state index is 12.1. The molecule has 7 rings (SSSR count). The number of nitrogens with zero attached hydrogens (tertiary/aromatic N) is 10. The van der Waals surface area contributed by atoms with Crippen molar-refractivity contribution < 1.29 is 89.2 Å². The highest BCUT2D eigenvalue weighted by Gasteiger charge is 2.44. The number of nitrogen functional groups attached to an aromatic ring is 1. The number of fused-ring (bicyclic) bond motifs is 1. The van der Waals surface area contributed by atoms with Gasteiger partial charge in [-0.2, -0.15) is 0 Å². The lowest BCUT2D eigenvalue weighted by atomic mass is 10.0. The largest absolute Gasteiger partial charge is 0.512 e. The fourth-order valence-corrected chi connectivity index (χ4v) is 9.08. The topological polar surface area (TPSA) is 464 Å². The van der Waals surface area contributed by atoms with Crippen molar-refractivity contribution in [1.29, 1.82) is 0 Å². The molecule has 1 aromatic carbocycles. The predicted molar refractivity (Wildman–Crippen MR) is 346 cm³/mol. The lowest BCUT2D eigenvalue weighted by molar-refractivity contribution is -0.144. The van der Waals surface area contributed by atoms with Crippen molar-refractivity contribution in [1.82, 2.24) is 49.2 Å². The highest BCUT2D eigenvalue weighted by Crippen LogP contribution is 2.34. The van der Waals surface area contributed by atoms with E-state index >= 15 is 0 Å². The number of amides is 1. The average molecular weight is 1330 g/mol. The molecule has 6 heterocycles. The molecule has 7 unspecified atom stereocenters. The number of carboxylic acid groups (broad SMARTS) is 5. The number of hydrogen-bond donors (Lipinski definition) is 13.